The zero-order valence-corrected chi connectivity index (χ0v) is 14.7. The summed E-state index contributed by atoms with van der Waals surface area (Å²) in [5.74, 6) is -0.0237. The Morgan fingerprint density at radius 2 is 2.08 bits per heavy atom. The van der Waals surface area contributed by atoms with E-state index in [9.17, 15) is 9.59 Å². The average molecular weight is 340 g/mol. The quantitative estimate of drug-likeness (QED) is 0.900. The lowest BCUT2D eigenvalue weighted by Gasteiger charge is -2.36. The third-order valence-corrected chi connectivity index (χ3v) is 4.79. The standard InChI is InChI=1S/C19H24N4O2/c1-12-6-7-17-14(9-12)10-16(13(2)22-17)18(24)23-8-4-3-5-15(23)11-21-19(20)25/h6-7,9-10,15H,3-5,8,11H2,1-2H3,(H3,20,21,25)/t15-/m1/s1. The Bertz CT molecular complexity index is 818. The minimum atomic E-state index is -0.558. The summed E-state index contributed by atoms with van der Waals surface area (Å²) in [5.41, 5.74) is 8.57. The van der Waals surface area contributed by atoms with Crippen LogP contribution in [0.3, 0.4) is 0 Å². The van der Waals surface area contributed by atoms with Crippen LogP contribution >= 0.6 is 0 Å². The van der Waals surface area contributed by atoms with E-state index in [1.807, 2.05) is 43.0 Å². The minimum absolute atomic E-state index is 0.0237. The van der Waals surface area contributed by atoms with Crippen molar-refractivity contribution in [2.75, 3.05) is 13.1 Å². The largest absolute Gasteiger partial charge is 0.352 e. The fourth-order valence-corrected chi connectivity index (χ4v) is 3.46. The Kier molecular flexibility index (Phi) is 4.88. The molecule has 3 amide bonds. The van der Waals surface area contributed by atoms with Crippen molar-refractivity contribution >= 4 is 22.8 Å². The number of pyridine rings is 1. The smallest absolute Gasteiger partial charge is 0.312 e. The highest BCUT2D eigenvalue weighted by molar-refractivity contribution is 5.99. The van der Waals surface area contributed by atoms with Gasteiger partial charge in [0, 0.05) is 24.5 Å². The van der Waals surface area contributed by atoms with Gasteiger partial charge >= 0.3 is 6.03 Å². The molecule has 2 heterocycles. The molecular formula is C19H24N4O2. The molecule has 6 heteroatoms. The maximum atomic E-state index is 13.1. The lowest BCUT2D eigenvalue weighted by molar-refractivity contribution is 0.0614. The van der Waals surface area contributed by atoms with Crippen molar-refractivity contribution in [1.82, 2.24) is 15.2 Å². The molecule has 0 unspecified atom stereocenters. The maximum Gasteiger partial charge on any atom is 0.312 e. The number of hydrogen-bond donors (Lipinski definition) is 2. The number of primary amides is 1. The predicted octanol–water partition coefficient (Wildman–Crippen LogP) is 2.51. The molecule has 1 atom stereocenters. The number of nitrogens with zero attached hydrogens (tertiary/aromatic N) is 2. The number of aromatic nitrogens is 1. The highest BCUT2D eigenvalue weighted by Gasteiger charge is 2.28. The molecule has 3 N–H and O–H groups in total. The van der Waals surface area contributed by atoms with Gasteiger partial charge in [0.2, 0.25) is 0 Å². The molecule has 0 spiro atoms. The van der Waals surface area contributed by atoms with E-state index in [1.165, 1.54) is 0 Å². The second kappa shape index (κ2) is 7.09. The third-order valence-electron chi connectivity index (χ3n) is 4.79. The van der Waals surface area contributed by atoms with Crippen molar-refractivity contribution in [3.8, 4) is 0 Å². The molecule has 3 rings (SSSR count). The summed E-state index contributed by atoms with van der Waals surface area (Å²) in [6, 6.07) is 7.39. The van der Waals surface area contributed by atoms with Gasteiger partial charge in [-0.1, -0.05) is 11.6 Å². The number of aryl methyl sites for hydroxylation is 2. The van der Waals surface area contributed by atoms with Crippen molar-refractivity contribution < 1.29 is 9.59 Å². The van der Waals surface area contributed by atoms with E-state index in [1.54, 1.807) is 0 Å². The molecule has 25 heavy (non-hydrogen) atoms. The summed E-state index contributed by atoms with van der Waals surface area (Å²) in [6.07, 6.45) is 2.88. The van der Waals surface area contributed by atoms with Crippen molar-refractivity contribution in [2.45, 2.75) is 39.2 Å². The number of urea groups is 1. The zero-order valence-electron chi connectivity index (χ0n) is 14.7. The molecule has 1 aromatic heterocycles. The van der Waals surface area contributed by atoms with Gasteiger partial charge in [0.25, 0.3) is 5.91 Å². The van der Waals surface area contributed by atoms with Crippen molar-refractivity contribution in [2.24, 2.45) is 5.73 Å². The van der Waals surface area contributed by atoms with Crippen LogP contribution in [0, 0.1) is 13.8 Å². The van der Waals surface area contributed by atoms with Crippen LogP contribution in [0.2, 0.25) is 0 Å². The van der Waals surface area contributed by atoms with Crippen LogP contribution in [0.15, 0.2) is 24.3 Å². The Morgan fingerprint density at radius 1 is 1.28 bits per heavy atom. The van der Waals surface area contributed by atoms with Crippen molar-refractivity contribution in [1.29, 1.82) is 0 Å². The lowest BCUT2D eigenvalue weighted by atomic mass is 9.99. The summed E-state index contributed by atoms with van der Waals surface area (Å²) >= 11 is 0. The Morgan fingerprint density at radius 3 is 2.84 bits per heavy atom. The van der Waals surface area contributed by atoms with E-state index in [-0.39, 0.29) is 11.9 Å². The number of carbonyl (C=O) groups excluding carboxylic acids is 2. The van der Waals surface area contributed by atoms with E-state index < -0.39 is 6.03 Å². The summed E-state index contributed by atoms with van der Waals surface area (Å²) < 4.78 is 0. The van der Waals surface area contributed by atoms with E-state index in [2.05, 4.69) is 10.3 Å². The molecule has 6 nitrogen and oxygen atoms in total. The van der Waals surface area contributed by atoms with Crippen LogP contribution in [0.5, 0.6) is 0 Å². The first-order chi connectivity index (χ1) is 12.0. The molecule has 1 fully saturated rings. The molecule has 1 saturated heterocycles. The molecule has 2 aromatic rings. The average Bonchev–Trinajstić information content (AvgIpc) is 2.59. The van der Waals surface area contributed by atoms with Gasteiger partial charge in [0.15, 0.2) is 0 Å². The van der Waals surface area contributed by atoms with Crippen LogP contribution in [0.1, 0.15) is 40.9 Å². The molecule has 0 radical (unpaired) electrons. The zero-order chi connectivity index (χ0) is 18.0. The normalized spacial score (nSPS) is 17.5. The van der Waals surface area contributed by atoms with E-state index in [0.717, 1.165) is 41.4 Å². The van der Waals surface area contributed by atoms with Crippen LogP contribution < -0.4 is 11.1 Å². The number of nitrogens with one attached hydrogen (secondary N) is 1. The molecule has 0 saturated carbocycles. The van der Waals surface area contributed by atoms with Crippen molar-refractivity contribution in [3.05, 3.63) is 41.1 Å². The van der Waals surface area contributed by atoms with Gasteiger partial charge in [-0.2, -0.15) is 0 Å². The van der Waals surface area contributed by atoms with Gasteiger partial charge in [0.1, 0.15) is 0 Å². The van der Waals surface area contributed by atoms with Gasteiger partial charge in [0.05, 0.1) is 16.8 Å². The number of benzene rings is 1. The topological polar surface area (TPSA) is 88.3 Å². The second-order valence-electron chi connectivity index (χ2n) is 6.71. The number of fused-ring (bicyclic) bond motifs is 1. The predicted molar refractivity (Wildman–Crippen MR) is 97.5 cm³/mol. The summed E-state index contributed by atoms with van der Waals surface area (Å²) in [7, 11) is 0. The maximum absolute atomic E-state index is 13.1. The number of nitrogens with two attached hydrogens (primary N) is 1. The highest BCUT2D eigenvalue weighted by atomic mass is 16.2. The first-order valence-corrected chi connectivity index (χ1v) is 8.68. The first-order valence-electron chi connectivity index (χ1n) is 8.68. The summed E-state index contributed by atoms with van der Waals surface area (Å²) in [4.78, 5) is 30.6. The third kappa shape index (κ3) is 3.73. The second-order valence-corrected chi connectivity index (χ2v) is 6.71. The number of rotatable bonds is 3. The van der Waals surface area contributed by atoms with Gasteiger partial charge < -0.3 is 16.0 Å². The highest BCUT2D eigenvalue weighted by Crippen LogP contribution is 2.23. The number of carbonyl (C=O) groups is 2. The molecule has 0 bridgehead atoms. The van der Waals surface area contributed by atoms with Crippen LogP contribution in [-0.2, 0) is 0 Å². The first kappa shape index (κ1) is 17.2. The number of piperidine rings is 1. The molecular weight excluding hydrogens is 316 g/mol. The molecule has 0 aliphatic carbocycles. The van der Waals surface area contributed by atoms with Gasteiger partial charge in [-0.3, -0.25) is 9.78 Å². The Labute approximate surface area is 147 Å². The molecule has 132 valence electrons. The van der Waals surface area contributed by atoms with Crippen LogP contribution in [0.25, 0.3) is 10.9 Å². The number of likely N-dealkylation sites (tertiary alicyclic amines) is 1. The van der Waals surface area contributed by atoms with Gasteiger partial charge in [-0.05, 0) is 51.3 Å². The van der Waals surface area contributed by atoms with Gasteiger partial charge in [-0.15, -0.1) is 0 Å². The van der Waals surface area contributed by atoms with E-state index in [0.29, 0.717) is 18.7 Å². The number of amides is 3. The van der Waals surface area contributed by atoms with Crippen molar-refractivity contribution in [3.63, 3.8) is 0 Å². The Hall–Kier alpha value is -2.63. The molecule has 1 aliphatic heterocycles. The van der Waals surface area contributed by atoms with E-state index in [4.69, 9.17) is 5.73 Å². The fourth-order valence-electron chi connectivity index (χ4n) is 3.46. The molecule has 1 aromatic carbocycles. The summed E-state index contributed by atoms with van der Waals surface area (Å²) in [6.45, 7) is 4.97. The molecule has 1 aliphatic rings. The Balaban J connectivity index is 1.91. The van der Waals surface area contributed by atoms with Crippen LogP contribution in [0.4, 0.5) is 4.79 Å². The monoisotopic (exact) mass is 340 g/mol. The lowest BCUT2D eigenvalue weighted by Crippen LogP contribution is -2.50. The van der Waals surface area contributed by atoms with E-state index >= 15 is 0 Å². The number of hydrogen-bond acceptors (Lipinski definition) is 3. The summed E-state index contributed by atoms with van der Waals surface area (Å²) in [5, 5.41) is 3.60. The SMILES string of the molecule is Cc1ccc2nc(C)c(C(=O)N3CCCC[C@@H]3CNC(N)=O)cc2c1. The van der Waals surface area contributed by atoms with Gasteiger partial charge in [-0.25, -0.2) is 4.79 Å². The fraction of sp³-hybridized carbons (Fsp3) is 0.421. The van der Waals surface area contributed by atoms with Crippen LogP contribution in [-0.4, -0.2) is 41.0 Å². The minimum Gasteiger partial charge on any atom is -0.352 e.